The summed E-state index contributed by atoms with van der Waals surface area (Å²) in [6.07, 6.45) is 8.82. The van der Waals surface area contributed by atoms with Crippen LogP contribution in [0.2, 0.25) is 0 Å². The Bertz CT molecular complexity index is 679. The number of piperazine rings is 1. The normalized spacial score (nSPS) is 24.7. The molecule has 2 atom stereocenters. The van der Waals surface area contributed by atoms with E-state index in [4.69, 9.17) is 0 Å². The van der Waals surface area contributed by atoms with E-state index >= 15 is 0 Å². The van der Waals surface area contributed by atoms with Crippen molar-refractivity contribution < 1.29 is 9.59 Å². The van der Waals surface area contributed by atoms with Gasteiger partial charge in [0.2, 0.25) is 5.91 Å². The smallest absolute Gasteiger partial charge is 0.317 e. The van der Waals surface area contributed by atoms with Crippen molar-refractivity contribution in [3.63, 3.8) is 0 Å². The Balaban J connectivity index is 1.50. The fourth-order valence-electron chi connectivity index (χ4n) is 5.63. The average molecular weight is 447 g/mol. The van der Waals surface area contributed by atoms with E-state index in [0.29, 0.717) is 23.7 Å². The predicted molar refractivity (Wildman–Crippen MR) is 130 cm³/mol. The van der Waals surface area contributed by atoms with E-state index in [1.807, 2.05) is 23.6 Å². The Morgan fingerprint density at radius 1 is 1.19 bits per heavy atom. The molecule has 2 fully saturated rings. The van der Waals surface area contributed by atoms with E-state index < -0.39 is 0 Å². The van der Waals surface area contributed by atoms with Gasteiger partial charge in [0.05, 0.1) is 0 Å². The number of unbranched alkanes of at least 4 members (excludes halogenated alkanes) is 2. The zero-order chi connectivity index (χ0) is 23.3. The van der Waals surface area contributed by atoms with Crippen LogP contribution in [0.1, 0.15) is 73.1 Å². The largest absolute Gasteiger partial charge is 0.340 e. The van der Waals surface area contributed by atoms with E-state index in [1.165, 1.54) is 12.0 Å². The van der Waals surface area contributed by atoms with Crippen LogP contribution in [0.5, 0.6) is 0 Å². The van der Waals surface area contributed by atoms with Gasteiger partial charge in [0.15, 0.2) is 0 Å². The number of urea groups is 1. The lowest BCUT2D eigenvalue weighted by Crippen LogP contribution is -2.53. The number of rotatable bonds is 10. The van der Waals surface area contributed by atoms with Gasteiger partial charge in [-0.25, -0.2) is 4.79 Å². The molecule has 1 saturated heterocycles. The van der Waals surface area contributed by atoms with Gasteiger partial charge in [-0.1, -0.05) is 45.3 Å². The summed E-state index contributed by atoms with van der Waals surface area (Å²) in [5.74, 6) is 1.75. The highest BCUT2D eigenvalue weighted by atomic mass is 16.2. The van der Waals surface area contributed by atoms with Crippen LogP contribution < -0.4 is 5.32 Å². The molecule has 0 aromatic heterocycles. The third-order valence-corrected chi connectivity index (χ3v) is 8.06. The van der Waals surface area contributed by atoms with E-state index in [1.54, 1.807) is 0 Å². The molecule has 6 heteroatoms. The molecule has 3 aliphatic carbocycles. The molecule has 1 aliphatic heterocycles. The van der Waals surface area contributed by atoms with Crippen molar-refractivity contribution in [1.82, 2.24) is 20.0 Å². The van der Waals surface area contributed by atoms with Crippen LogP contribution in [0.4, 0.5) is 4.79 Å². The van der Waals surface area contributed by atoms with Crippen LogP contribution in [0.15, 0.2) is 11.6 Å². The van der Waals surface area contributed by atoms with Gasteiger partial charge < -0.3 is 15.1 Å². The number of nitrogens with zero attached hydrogens (tertiary/aromatic N) is 3. The molecule has 1 heterocycles. The minimum Gasteiger partial charge on any atom is -0.340 e. The second-order valence-electron chi connectivity index (χ2n) is 11.0. The number of hydrogen-bond donors (Lipinski definition) is 1. The van der Waals surface area contributed by atoms with Gasteiger partial charge in [0.25, 0.3) is 0 Å². The summed E-state index contributed by atoms with van der Waals surface area (Å²) >= 11 is 0. The van der Waals surface area contributed by atoms with Crippen molar-refractivity contribution in [2.24, 2.45) is 17.3 Å². The van der Waals surface area contributed by atoms with Crippen LogP contribution >= 0.6 is 0 Å². The van der Waals surface area contributed by atoms with Crippen molar-refractivity contribution in [3.8, 4) is 0 Å². The monoisotopic (exact) mass is 446 g/mol. The summed E-state index contributed by atoms with van der Waals surface area (Å²) in [6, 6.07) is 0.182. The quantitative estimate of drug-likeness (QED) is 0.406. The Labute approximate surface area is 195 Å². The number of allylic oxidation sites excluding steroid dienone is 1. The van der Waals surface area contributed by atoms with E-state index in [-0.39, 0.29) is 12.1 Å². The van der Waals surface area contributed by atoms with Gasteiger partial charge in [-0.2, -0.15) is 0 Å². The van der Waals surface area contributed by atoms with E-state index in [0.717, 1.165) is 77.4 Å². The molecule has 1 N–H and O–H groups in total. The summed E-state index contributed by atoms with van der Waals surface area (Å²) in [7, 11) is 0. The molecule has 6 nitrogen and oxygen atoms in total. The molecule has 4 rings (SSSR count). The van der Waals surface area contributed by atoms with E-state index in [9.17, 15) is 9.59 Å². The molecular weight excluding hydrogens is 400 g/mol. The highest BCUT2D eigenvalue weighted by molar-refractivity contribution is 5.76. The van der Waals surface area contributed by atoms with Crippen LogP contribution in [0.25, 0.3) is 0 Å². The number of fused-ring (bicyclic) bond motifs is 1. The first-order valence-electron chi connectivity index (χ1n) is 13.0. The summed E-state index contributed by atoms with van der Waals surface area (Å²) in [5.41, 5.74) is 1.84. The standard InChI is InChI=1S/C26H46N4O2/c1-6-7-8-9-24(31)29-15-12-28(13-16-29)14-17-30(25(32)27-20(2)3)19-21-10-11-22-18-23(21)26(22,4)5/h10,20,22-23H,6-9,11-19H2,1-5H3,(H,27,32). The van der Waals surface area contributed by atoms with Crippen molar-refractivity contribution in [2.75, 3.05) is 45.8 Å². The van der Waals surface area contributed by atoms with Crippen molar-refractivity contribution >= 4 is 11.9 Å². The minimum absolute atomic E-state index is 0.0462. The summed E-state index contributed by atoms with van der Waals surface area (Å²) in [6.45, 7) is 16.8. The molecule has 2 bridgehead atoms. The molecule has 1 saturated carbocycles. The lowest BCUT2D eigenvalue weighted by atomic mass is 9.49. The predicted octanol–water partition coefficient (Wildman–Crippen LogP) is 4.12. The lowest BCUT2D eigenvalue weighted by Gasteiger charge is -2.57. The minimum atomic E-state index is 0.0462. The van der Waals surface area contributed by atoms with Gasteiger partial charge in [-0.05, 0) is 50.4 Å². The Hall–Kier alpha value is -1.56. The van der Waals surface area contributed by atoms with Crippen molar-refractivity contribution in [3.05, 3.63) is 11.6 Å². The van der Waals surface area contributed by atoms with Gasteiger partial charge in [-0.3, -0.25) is 9.69 Å². The van der Waals surface area contributed by atoms with Gasteiger partial charge in [0.1, 0.15) is 0 Å². The van der Waals surface area contributed by atoms with Gasteiger partial charge >= 0.3 is 6.03 Å². The van der Waals surface area contributed by atoms with Crippen LogP contribution in [-0.4, -0.2) is 78.5 Å². The molecule has 0 radical (unpaired) electrons. The lowest BCUT2D eigenvalue weighted by molar-refractivity contribution is -0.133. The number of nitrogens with one attached hydrogen (secondary N) is 1. The van der Waals surface area contributed by atoms with Gasteiger partial charge in [-0.15, -0.1) is 0 Å². The summed E-state index contributed by atoms with van der Waals surface area (Å²) < 4.78 is 0. The first-order chi connectivity index (χ1) is 15.2. The maximum atomic E-state index is 13.0. The highest BCUT2D eigenvalue weighted by Gasteiger charge is 2.51. The highest BCUT2D eigenvalue weighted by Crippen LogP contribution is 2.59. The molecule has 4 aliphatic rings. The zero-order valence-electron chi connectivity index (χ0n) is 21.2. The van der Waals surface area contributed by atoms with Crippen molar-refractivity contribution in [2.45, 2.75) is 79.2 Å². The fraction of sp³-hybridized carbons (Fsp3) is 0.846. The third-order valence-electron chi connectivity index (χ3n) is 8.06. The van der Waals surface area contributed by atoms with Crippen LogP contribution in [0, 0.1) is 17.3 Å². The average Bonchev–Trinajstić information content (AvgIpc) is 2.76. The second-order valence-corrected chi connectivity index (χ2v) is 11.0. The molecule has 182 valence electrons. The SMILES string of the molecule is CCCCCC(=O)N1CCN(CCN(CC2=CCC3CC2C3(C)C)C(=O)NC(C)C)CC1. The van der Waals surface area contributed by atoms with Crippen molar-refractivity contribution in [1.29, 1.82) is 0 Å². The zero-order valence-corrected chi connectivity index (χ0v) is 21.2. The molecule has 0 aromatic rings. The Kier molecular flexibility index (Phi) is 8.65. The molecular formula is C26H46N4O2. The summed E-state index contributed by atoms with van der Waals surface area (Å²) in [5, 5.41) is 3.10. The molecule has 2 unspecified atom stereocenters. The number of carbonyl (C=O) groups excluding carboxylic acids is 2. The topological polar surface area (TPSA) is 55.9 Å². The second kappa shape index (κ2) is 11.0. The van der Waals surface area contributed by atoms with Crippen LogP contribution in [0.3, 0.4) is 0 Å². The molecule has 0 aromatic carbocycles. The Morgan fingerprint density at radius 3 is 2.50 bits per heavy atom. The number of hydrogen-bond acceptors (Lipinski definition) is 3. The fourth-order valence-corrected chi connectivity index (χ4v) is 5.63. The maximum Gasteiger partial charge on any atom is 0.317 e. The van der Waals surface area contributed by atoms with E-state index in [2.05, 4.69) is 37.1 Å². The Morgan fingerprint density at radius 2 is 1.91 bits per heavy atom. The summed E-state index contributed by atoms with van der Waals surface area (Å²) in [4.78, 5) is 31.8. The first-order valence-corrected chi connectivity index (χ1v) is 13.0. The number of amides is 3. The molecule has 3 amide bonds. The first kappa shape index (κ1) is 25.1. The third kappa shape index (κ3) is 6.06. The van der Waals surface area contributed by atoms with Gasteiger partial charge in [0, 0.05) is 58.3 Å². The molecule has 32 heavy (non-hydrogen) atoms. The number of carbonyl (C=O) groups is 2. The van der Waals surface area contributed by atoms with Crippen LogP contribution in [-0.2, 0) is 4.79 Å². The maximum absolute atomic E-state index is 13.0. The molecule has 0 spiro atoms.